The summed E-state index contributed by atoms with van der Waals surface area (Å²) in [5, 5.41) is 3.31. The Labute approximate surface area is 152 Å². The van der Waals surface area contributed by atoms with Crippen LogP contribution in [0, 0.1) is 5.92 Å². The quantitative estimate of drug-likeness (QED) is 0.909. The largest absolute Gasteiger partial charge is 0.497 e. The van der Waals surface area contributed by atoms with Gasteiger partial charge in [-0.05, 0) is 68.6 Å². The van der Waals surface area contributed by atoms with Crippen LogP contribution in [0.4, 0.5) is 0 Å². The molecule has 2 atom stereocenters. The second-order valence-corrected chi connectivity index (χ2v) is 8.09. The molecule has 0 unspecified atom stereocenters. The van der Waals surface area contributed by atoms with Crippen molar-refractivity contribution in [1.29, 1.82) is 0 Å². The van der Waals surface area contributed by atoms with E-state index < -0.39 is 0 Å². The molecule has 1 N–H and O–H groups in total. The van der Waals surface area contributed by atoms with Gasteiger partial charge in [0.25, 0.3) is 5.91 Å². The number of carbonyl (C=O) groups is 1. The van der Waals surface area contributed by atoms with Crippen molar-refractivity contribution in [2.45, 2.75) is 31.8 Å². The van der Waals surface area contributed by atoms with Crippen molar-refractivity contribution in [3.63, 3.8) is 0 Å². The number of methoxy groups -OCH3 is 1. The lowest BCUT2D eigenvalue weighted by Crippen LogP contribution is -2.62. The molecule has 4 heterocycles. The van der Waals surface area contributed by atoms with Crippen molar-refractivity contribution in [3.05, 3.63) is 41.3 Å². The summed E-state index contributed by atoms with van der Waals surface area (Å²) in [5.74, 6) is 1.52. The smallest absolute Gasteiger partial charge is 0.261 e. The summed E-state index contributed by atoms with van der Waals surface area (Å²) in [7, 11) is 1.67. The number of benzene rings is 1. The molecule has 4 nitrogen and oxygen atoms in total. The fourth-order valence-electron chi connectivity index (χ4n) is 4.16. The number of nitrogens with one attached hydrogen (secondary N) is 1. The van der Waals surface area contributed by atoms with Gasteiger partial charge < -0.3 is 10.1 Å². The molecule has 0 saturated carbocycles. The van der Waals surface area contributed by atoms with Gasteiger partial charge in [0.1, 0.15) is 5.75 Å². The van der Waals surface area contributed by atoms with E-state index in [9.17, 15) is 4.79 Å². The lowest BCUT2D eigenvalue weighted by Gasteiger charge is -2.49. The molecular weight excluding hydrogens is 332 g/mol. The Morgan fingerprint density at radius 3 is 2.76 bits per heavy atom. The molecule has 1 aromatic heterocycles. The van der Waals surface area contributed by atoms with Crippen molar-refractivity contribution < 1.29 is 9.53 Å². The molecule has 0 aliphatic carbocycles. The van der Waals surface area contributed by atoms with Crippen LogP contribution >= 0.6 is 11.3 Å². The topological polar surface area (TPSA) is 41.6 Å². The van der Waals surface area contributed by atoms with E-state index in [1.165, 1.54) is 25.9 Å². The van der Waals surface area contributed by atoms with Crippen LogP contribution in [0.25, 0.3) is 10.4 Å². The second kappa shape index (κ2) is 6.81. The minimum atomic E-state index is 0.0600. The molecule has 3 fully saturated rings. The number of rotatable bonds is 4. The standard InChI is InChI=1S/C20H24N2O2S/c1-13-19(14-8-10-22(13)11-9-14)21-20(23)18-7-6-17(25-18)15-4-3-5-16(12-15)24-2/h3-7,12-14,19H,8-11H2,1-2H3,(H,21,23)/t13-,19-/m0/s1. The Hall–Kier alpha value is -1.85. The molecule has 5 heteroatoms. The molecule has 25 heavy (non-hydrogen) atoms. The number of nitrogens with zero attached hydrogens (tertiary/aromatic N) is 1. The highest BCUT2D eigenvalue weighted by Gasteiger charge is 2.40. The summed E-state index contributed by atoms with van der Waals surface area (Å²) in [6, 6.07) is 12.6. The van der Waals surface area contributed by atoms with Crippen LogP contribution in [0.3, 0.4) is 0 Å². The van der Waals surface area contributed by atoms with Gasteiger partial charge in [-0.25, -0.2) is 0 Å². The first-order valence-corrected chi connectivity index (χ1v) is 9.76. The minimum absolute atomic E-state index is 0.0600. The lowest BCUT2D eigenvalue weighted by atomic mass is 9.79. The Kier molecular flexibility index (Phi) is 4.52. The summed E-state index contributed by atoms with van der Waals surface area (Å²) < 4.78 is 5.29. The van der Waals surface area contributed by atoms with Gasteiger partial charge in [0.05, 0.1) is 12.0 Å². The minimum Gasteiger partial charge on any atom is -0.497 e. The van der Waals surface area contributed by atoms with E-state index in [4.69, 9.17) is 4.74 Å². The van der Waals surface area contributed by atoms with Crippen LogP contribution in [0.15, 0.2) is 36.4 Å². The summed E-state index contributed by atoms with van der Waals surface area (Å²) in [4.78, 5) is 17.1. The van der Waals surface area contributed by atoms with E-state index in [-0.39, 0.29) is 11.9 Å². The van der Waals surface area contributed by atoms with Gasteiger partial charge in [-0.3, -0.25) is 9.69 Å². The number of amides is 1. The molecule has 3 aliphatic heterocycles. The highest BCUT2D eigenvalue weighted by Crippen LogP contribution is 2.33. The normalized spacial score (nSPS) is 27.9. The van der Waals surface area contributed by atoms with E-state index in [1.807, 2.05) is 36.4 Å². The predicted molar refractivity (Wildman–Crippen MR) is 101 cm³/mol. The molecular formula is C20H24N2O2S. The van der Waals surface area contributed by atoms with Crippen LogP contribution < -0.4 is 10.1 Å². The third-order valence-corrected chi connectivity index (χ3v) is 6.79. The van der Waals surface area contributed by atoms with Crippen molar-refractivity contribution in [2.24, 2.45) is 5.92 Å². The zero-order valence-electron chi connectivity index (χ0n) is 14.7. The molecule has 3 aliphatic rings. The Bertz CT molecular complexity index is 763. The van der Waals surface area contributed by atoms with E-state index in [2.05, 4.69) is 17.1 Å². The highest BCUT2D eigenvalue weighted by atomic mass is 32.1. The number of hydrogen-bond donors (Lipinski definition) is 1. The molecule has 3 saturated heterocycles. The van der Waals surface area contributed by atoms with E-state index in [0.717, 1.165) is 21.1 Å². The van der Waals surface area contributed by atoms with Crippen LogP contribution in [-0.4, -0.2) is 43.1 Å². The average Bonchev–Trinajstić information content (AvgIpc) is 3.15. The summed E-state index contributed by atoms with van der Waals surface area (Å²) in [6.45, 7) is 4.60. The van der Waals surface area contributed by atoms with Gasteiger partial charge in [0, 0.05) is 17.0 Å². The molecule has 2 aromatic rings. The third kappa shape index (κ3) is 3.18. The number of carbonyl (C=O) groups excluding carboxylic acids is 1. The van der Waals surface area contributed by atoms with Crippen LogP contribution in [0.5, 0.6) is 5.75 Å². The van der Waals surface area contributed by atoms with E-state index in [1.54, 1.807) is 18.4 Å². The fraction of sp³-hybridized carbons (Fsp3) is 0.450. The summed E-state index contributed by atoms with van der Waals surface area (Å²) in [6.07, 6.45) is 2.41. The zero-order valence-corrected chi connectivity index (χ0v) is 15.5. The van der Waals surface area contributed by atoms with Crippen molar-refractivity contribution in [2.75, 3.05) is 20.2 Å². The number of hydrogen-bond acceptors (Lipinski definition) is 4. The molecule has 2 bridgehead atoms. The Morgan fingerprint density at radius 1 is 1.24 bits per heavy atom. The number of ether oxygens (including phenoxy) is 1. The van der Waals surface area contributed by atoms with Crippen LogP contribution in [-0.2, 0) is 0 Å². The number of piperidine rings is 3. The maximum Gasteiger partial charge on any atom is 0.261 e. The third-order valence-electron chi connectivity index (χ3n) is 5.66. The van der Waals surface area contributed by atoms with Gasteiger partial charge in [-0.15, -0.1) is 11.3 Å². The van der Waals surface area contributed by atoms with Crippen molar-refractivity contribution >= 4 is 17.2 Å². The van der Waals surface area contributed by atoms with Gasteiger partial charge in [0.2, 0.25) is 0 Å². The van der Waals surface area contributed by atoms with Gasteiger partial charge >= 0.3 is 0 Å². The van der Waals surface area contributed by atoms with Crippen molar-refractivity contribution in [3.8, 4) is 16.2 Å². The second-order valence-electron chi connectivity index (χ2n) is 7.01. The first-order chi connectivity index (χ1) is 12.2. The van der Waals surface area contributed by atoms with Crippen LogP contribution in [0.2, 0.25) is 0 Å². The monoisotopic (exact) mass is 356 g/mol. The van der Waals surface area contributed by atoms with Crippen molar-refractivity contribution in [1.82, 2.24) is 10.2 Å². The lowest BCUT2D eigenvalue weighted by molar-refractivity contribution is 0.0218. The Morgan fingerprint density at radius 2 is 2.04 bits per heavy atom. The average molecular weight is 356 g/mol. The SMILES string of the molecule is COc1cccc(-c2ccc(C(=O)N[C@@H]3C4CCN(CC4)[C@H]3C)s2)c1. The maximum atomic E-state index is 12.8. The zero-order chi connectivity index (χ0) is 17.4. The van der Waals surface area contributed by atoms with Gasteiger partial charge in [0.15, 0.2) is 0 Å². The highest BCUT2D eigenvalue weighted by molar-refractivity contribution is 7.17. The first kappa shape index (κ1) is 16.6. The predicted octanol–water partition coefficient (Wildman–Crippen LogP) is 3.64. The van der Waals surface area contributed by atoms with E-state index >= 15 is 0 Å². The van der Waals surface area contributed by atoms with E-state index in [0.29, 0.717) is 12.0 Å². The number of thiophene rings is 1. The molecule has 5 rings (SSSR count). The van der Waals surface area contributed by atoms with Crippen LogP contribution in [0.1, 0.15) is 29.4 Å². The van der Waals surface area contributed by atoms with Gasteiger partial charge in [-0.1, -0.05) is 12.1 Å². The first-order valence-electron chi connectivity index (χ1n) is 8.95. The molecule has 0 radical (unpaired) electrons. The molecule has 0 spiro atoms. The molecule has 1 amide bonds. The maximum absolute atomic E-state index is 12.8. The fourth-order valence-corrected chi connectivity index (χ4v) is 5.06. The number of fused-ring (bicyclic) bond motifs is 3. The molecule has 1 aromatic carbocycles. The summed E-state index contributed by atoms with van der Waals surface area (Å²) >= 11 is 1.54. The Balaban J connectivity index is 1.49. The summed E-state index contributed by atoms with van der Waals surface area (Å²) in [5.41, 5.74) is 1.08. The van der Waals surface area contributed by atoms with Gasteiger partial charge in [-0.2, -0.15) is 0 Å². The molecule has 132 valence electrons.